The number of carbonyl (C=O) groups is 1. The summed E-state index contributed by atoms with van der Waals surface area (Å²) in [5.41, 5.74) is 6.31. The van der Waals surface area contributed by atoms with Crippen molar-refractivity contribution in [3.05, 3.63) is 70.8 Å². The summed E-state index contributed by atoms with van der Waals surface area (Å²) in [6.07, 6.45) is 4.61. The maximum atomic E-state index is 11.9. The van der Waals surface area contributed by atoms with Gasteiger partial charge in [0.25, 0.3) is 0 Å². The zero-order valence-electron chi connectivity index (χ0n) is 25.1. The topological polar surface area (TPSA) is 101 Å². The minimum atomic E-state index is -0.774. The summed E-state index contributed by atoms with van der Waals surface area (Å²) in [5, 5.41) is 18.7. The fourth-order valence-electron chi connectivity index (χ4n) is 5.83. The average molecular weight is 585 g/mol. The van der Waals surface area contributed by atoms with Gasteiger partial charge in [-0.05, 0) is 92.1 Å². The Morgan fingerprint density at radius 3 is 2.65 bits per heavy atom. The molecule has 1 atom stereocenters. The van der Waals surface area contributed by atoms with Crippen molar-refractivity contribution in [1.82, 2.24) is 4.90 Å². The molecule has 1 saturated heterocycles. The third-order valence-electron chi connectivity index (χ3n) is 8.25. The molecule has 3 aromatic rings. The zero-order chi connectivity index (χ0) is 30.2. The van der Waals surface area contributed by atoms with Crippen molar-refractivity contribution < 1.29 is 28.8 Å². The molecule has 226 valence electrons. The van der Waals surface area contributed by atoms with E-state index in [9.17, 15) is 9.90 Å². The highest BCUT2D eigenvalue weighted by molar-refractivity contribution is 5.73. The van der Waals surface area contributed by atoms with Gasteiger partial charge in [-0.25, -0.2) is 0 Å². The molecule has 2 aliphatic heterocycles. The van der Waals surface area contributed by atoms with E-state index in [1.165, 1.54) is 0 Å². The Labute approximate surface area is 253 Å². The Kier molecular flexibility index (Phi) is 10.1. The molecule has 0 saturated carbocycles. The molecule has 43 heavy (non-hydrogen) atoms. The summed E-state index contributed by atoms with van der Waals surface area (Å²) in [7, 11) is 0. The quantitative estimate of drug-likeness (QED) is 0.231. The number of piperidine rings is 1. The number of fused-ring (bicyclic) bond motifs is 1. The van der Waals surface area contributed by atoms with Crippen molar-refractivity contribution >= 4 is 5.97 Å². The number of rotatable bonds is 12. The molecule has 0 radical (unpaired) electrons. The molecule has 3 aromatic carbocycles. The minimum absolute atomic E-state index is 0.388. The van der Waals surface area contributed by atoms with Crippen LogP contribution in [-0.2, 0) is 17.9 Å². The van der Waals surface area contributed by atoms with Crippen molar-refractivity contribution in [2.24, 2.45) is 0 Å². The van der Waals surface area contributed by atoms with Crippen LogP contribution in [0.15, 0.2) is 48.5 Å². The van der Waals surface area contributed by atoms with E-state index in [0.29, 0.717) is 51.6 Å². The van der Waals surface area contributed by atoms with E-state index >= 15 is 0 Å². The Balaban J connectivity index is 1.35. The van der Waals surface area contributed by atoms with Gasteiger partial charge in [0.1, 0.15) is 37.4 Å². The van der Waals surface area contributed by atoms with E-state index in [1.807, 2.05) is 36.1 Å². The zero-order valence-corrected chi connectivity index (χ0v) is 25.1. The number of aliphatic carboxylic acids is 1. The number of carboxylic acid groups (broad SMARTS) is 1. The first kappa shape index (κ1) is 30.2. The van der Waals surface area contributed by atoms with Gasteiger partial charge in [0.05, 0.1) is 12.7 Å². The van der Waals surface area contributed by atoms with E-state index in [0.717, 1.165) is 82.9 Å². The number of nitriles is 1. The van der Waals surface area contributed by atoms with Crippen molar-refractivity contribution in [3.63, 3.8) is 0 Å². The van der Waals surface area contributed by atoms with Crippen LogP contribution >= 0.6 is 0 Å². The average Bonchev–Trinajstić information content (AvgIpc) is 3.02. The number of likely N-dealkylation sites (tertiary alicyclic amines) is 1. The molecule has 0 aromatic heterocycles. The Morgan fingerprint density at radius 2 is 1.84 bits per heavy atom. The fraction of sp³-hybridized carbons (Fsp3) is 0.429. The Morgan fingerprint density at radius 1 is 1.00 bits per heavy atom. The SMILES string of the molecule is Cc1cc(CN2CCCCC2C(=O)O)c(OCCCCC#N)cc1OCc1cccc(-c2ccc3c(c2)OCCO3)c1C. The molecule has 0 aliphatic carbocycles. The van der Waals surface area contributed by atoms with Crippen LogP contribution in [-0.4, -0.2) is 48.4 Å². The van der Waals surface area contributed by atoms with Crippen molar-refractivity contribution in [2.75, 3.05) is 26.4 Å². The lowest BCUT2D eigenvalue weighted by Gasteiger charge is -2.33. The Bertz CT molecular complexity index is 1480. The number of aryl methyl sites for hydroxylation is 1. The van der Waals surface area contributed by atoms with Crippen LogP contribution in [0.2, 0.25) is 0 Å². The number of hydrogen-bond acceptors (Lipinski definition) is 7. The number of nitrogens with zero attached hydrogens (tertiary/aromatic N) is 2. The monoisotopic (exact) mass is 584 g/mol. The molecule has 8 heteroatoms. The van der Waals surface area contributed by atoms with Gasteiger partial charge in [0.2, 0.25) is 0 Å². The first-order chi connectivity index (χ1) is 20.9. The standard InChI is InChI=1S/C35H40N2O6/c1-24-19-28(22-37-15-6-4-11-30(37)35(38)39)33(40-16-7-3-5-14-36)21-32(24)43-23-27-9-8-10-29(25(27)2)26-12-13-31-34(20-26)42-18-17-41-31/h8-10,12-13,19-21,30H,3-7,11,15-18,22-23H2,1-2H3,(H,38,39). The maximum Gasteiger partial charge on any atom is 0.320 e. The van der Waals surface area contributed by atoms with Crippen LogP contribution in [0, 0.1) is 25.2 Å². The van der Waals surface area contributed by atoms with E-state index in [1.54, 1.807) is 0 Å². The summed E-state index contributed by atoms with van der Waals surface area (Å²) < 4.78 is 24.1. The van der Waals surface area contributed by atoms with Gasteiger partial charge in [-0.2, -0.15) is 5.26 Å². The first-order valence-electron chi connectivity index (χ1n) is 15.2. The van der Waals surface area contributed by atoms with E-state index in [-0.39, 0.29) is 0 Å². The Hall–Kier alpha value is -4.22. The van der Waals surface area contributed by atoms with E-state index in [2.05, 4.69) is 37.3 Å². The maximum absolute atomic E-state index is 11.9. The van der Waals surface area contributed by atoms with Crippen LogP contribution < -0.4 is 18.9 Å². The number of benzene rings is 3. The summed E-state index contributed by atoms with van der Waals surface area (Å²) in [6, 6.07) is 18.0. The van der Waals surface area contributed by atoms with E-state index in [4.69, 9.17) is 24.2 Å². The smallest absolute Gasteiger partial charge is 0.320 e. The van der Waals surface area contributed by atoms with Crippen LogP contribution in [0.25, 0.3) is 11.1 Å². The predicted octanol–water partition coefficient (Wildman–Crippen LogP) is 6.83. The second-order valence-electron chi connectivity index (χ2n) is 11.2. The highest BCUT2D eigenvalue weighted by atomic mass is 16.6. The molecule has 2 aliphatic rings. The van der Waals surface area contributed by atoms with Crippen molar-refractivity contribution in [2.45, 2.75) is 71.6 Å². The third-order valence-corrected chi connectivity index (χ3v) is 8.25. The molecule has 2 heterocycles. The van der Waals surface area contributed by atoms with E-state index < -0.39 is 12.0 Å². The summed E-state index contributed by atoms with van der Waals surface area (Å²) in [5.74, 6) is 2.19. The molecule has 1 fully saturated rings. The van der Waals surface area contributed by atoms with Gasteiger partial charge in [0, 0.05) is 24.6 Å². The fourth-order valence-corrected chi connectivity index (χ4v) is 5.83. The molecular formula is C35H40N2O6. The largest absolute Gasteiger partial charge is 0.493 e. The molecule has 8 nitrogen and oxygen atoms in total. The van der Waals surface area contributed by atoms with Gasteiger partial charge in [0.15, 0.2) is 11.5 Å². The highest BCUT2D eigenvalue weighted by Crippen LogP contribution is 2.37. The predicted molar refractivity (Wildman–Crippen MR) is 164 cm³/mol. The summed E-state index contributed by atoms with van der Waals surface area (Å²) in [6.45, 7) is 7.35. The molecule has 1 N–H and O–H groups in total. The van der Waals surface area contributed by atoms with Gasteiger partial charge in [-0.3, -0.25) is 9.69 Å². The second kappa shape index (κ2) is 14.3. The van der Waals surface area contributed by atoms with Crippen LogP contribution in [0.5, 0.6) is 23.0 Å². The molecule has 0 amide bonds. The number of hydrogen-bond donors (Lipinski definition) is 1. The lowest BCUT2D eigenvalue weighted by atomic mass is 9.96. The van der Waals surface area contributed by atoms with Gasteiger partial charge < -0.3 is 24.1 Å². The van der Waals surface area contributed by atoms with Gasteiger partial charge in [-0.15, -0.1) is 0 Å². The lowest BCUT2D eigenvalue weighted by Crippen LogP contribution is -2.44. The molecule has 1 unspecified atom stereocenters. The second-order valence-corrected chi connectivity index (χ2v) is 11.2. The minimum Gasteiger partial charge on any atom is -0.493 e. The van der Waals surface area contributed by atoms with Crippen molar-refractivity contribution in [1.29, 1.82) is 5.26 Å². The lowest BCUT2D eigenvalue weighted by molar-refractivity contribution is -0.144. The third kappa shape index (κ3) is 7.41. The van der Waals surface area contributed by atoms with Crippen LogP contribution in [0.3, 0.4) is 0 Å². The summed E-state index contributed by atoms with van der Waals surface area (Å²) in [4.78, 5) is 14.0. The van der Waals surface area contributed by atoms with Crippen molar-refractivity contribution in [3.8, 4) is 40.2 Å². The summed E-state index contributed by atoms with van der Waals surface area (Å²) >= 11 is 0. The first-order valence-corrected chi connectivity index (χ1v) is 15.2. The molecular weight excluding hydrogens is 544 g/mol. The van der Waals surface area contributed by atoms with Crippen LogP contribution in [0.1, 0.15) is 60.8 Å². The molecule has 0 spiro atoms. The normalized spacial score (nSPS) is 16.3. The van der Waals surface area contributed by atoms with Crippen LogP contribution in [0.4, 0.5) is 0 Å². The number of unbranched alkanes of at least 4 members (excludes halogenated alkanes) is 2. The molecule has 5 rings (SSSR count). The van der Waals surface area contributed by atoms with Gasteiger partial charge in [-0.1, -0.05) is 30.7 Å². The van der Waals surface area contributed by atoms with Gasteiger partial charge >= 0.3 is 5.97 Å². The molecule has 0 bridgehead atoms. The number of carboxylic acids is 1. The number of ether oxygens (including phenoxy) is 4. The highest BCUT2D eigenvalue weighted by Gasteiger charge is 2.29.